The van der Waals surface area contributed by atoms with Gasteiger partial charge in [0.25, 0.3) is 0 Å². The van der Waals surface area contributed by atoms with E-state index < -0.39 is 16.5 Å². The van der Waals surface area contributed by atoms with Gasteiger partial charge in [0, 0.05) is 7.05 Å². The first-order valence-corrected chi connectivity index (χ1v) is 7.88. The van der Waals surface area contributed by atoms with E-state index in [1.165, 1.54) is 24.1 Å². The molecule has 1 fully saturated rings. The molecule has 0 aromatic heterocycles. The summed E-state index contributed by atoms with van der Waals surface area (Å²) >= 11 is 1.24. The minimum Gasteiger partial charge on any atom is -0.492 e. The maximum absolute atomic E-state index is 10.5. The highest BCUT2D eigenvalue weighted by Crippen LogP contribution is 2.29. The summed E-state index contributed by atoms with van der Waals surface area (Å²) in [5.41, 5.74) is 0.573. The standard InChI is InChI=1S/C10H11NO5S.C2H3NOS/c1-2-16-9-4-3-7(6-10(12)13)5-8(9)11-17(14)15;1-3-2(4)5-3/h3-5H,2,6H2,1H3,(H,12,13);1H3. The van der Waals surface area contributed by atoms with Crippen LogP contribution >= 0.6 is 11.9 Å². The number of amides is 1. The number of carbonyl (C=O) groups is 2. The zero-order valence-corrected chi connectivity index (χ0v) is 13.5. The van der Waals surface area contributed by atoms with Crippen molar-refractivity contribution in [2.24, 2.45) is 4.36 Å². The second-order valence-corrected chi connectivity index (χ2v) is 5.67. The first-order valence-electron chi connectivity index (χ1n) is 6.07. The lowest BCUT2D eigenvalue weighted by molar-refractivity contribution is -0.136. The van der Waals surface area contributed by atoms with E-state index >= 15 is 0 Å². The van der Waals surface area contributed by atoms with E-state index in [1.54, 1.807) is 24.3 Å². The minimum absolute atomic E-state index is 0.110. The summed E-state index contributed by atoms with van der Waals surface area (Å²) in [6.45, 7) is 2.12. The molecule has 120 valence electrons. The van der Waals surface area contributed by atoms with Gasteiger partial charge in [-0.3, -0.25) is 13.9 Å². The van der Waals surface area contributed by atoms with Gasteiger partial charge in [-0.05, 0) is 24.6 Å². The van der Waals surface area contributed by atoms with E-state index in [0.29, 0.717) is 17.9 Å². The number of rotatable bonds is 5. The van der Waals surface area contributed by atoms with Crippen molar-refractivity contribution < 1.29 is 27.9 Å². The Morgan fingerprint density at radius 1 is 1.45 bits per heavy atom. The molecule has 0 aliphatic carbocycles. The Morgan fingerprint density at radius 3 is 2.45 bits per heavy atom. The van der Waals surface area contributed by atoms with E-state index in [2.05, 4.69) is 4.36 Å². The Hall–Kier alpha value is -2.07. The van der Waals surface area contributed by atoms with Crippen molar-refractivity contribution in [3.8, 4) is 5.75 Å². The topological polar surface area (TPSA) is 113 Å². The zero-order chi connectivity index (χ0) is 16.7. The van der Waals surface area contributed by atoms with Crippen LogP contribution in [0.25, 0.3) is 0 Å². The number of nitrogens with zero attached hydrogens (tertiary/aromatic N) is 2. The van der Waals surface area contributed by atoms with Crippen LogP contribution < -0.4 is 4.74 Å². The maximum Gasteiger partial charge on any atom is 0.316 e. The summed E-state index contributed by atoms with van der Waals surface area (Å²) < 4.78 is 31.1. The van der Waals surface area contributed by atoms with Gasteiger partial charge in [0.05, 0.1) is 25.0 Å². The predicted molar refractivity (Wildman–Crippen MR) is 80.7 cm³/mol. The van der Waals surface area contributed by atoms with Crippen molar-refractivity contribution in [2.75, 3.05) is 13.7 Å². The summed E-state index contributed by atoms with van der Waals surface area (Å²) in [6.07, 6.45) is -0.194. The molecule has 1 heterocycles. The van der Waals surface area contributed by atoms with Crippen LogP contribution in [0.1, 0.15) is 12.5 Å². The summed E-state index contributed by atoms with van der Waals surface area (Å²) in [7, 11) is -0.861. The largest absolute Gasteiger partial charge is 0.492 e. The van der Waals surface area contributed by atoms with Crippen LogP contribution in [0, 0.1) is 0 Å². The van der Waals surface area contributed by atoms with Crippen molar-refractivity contribution in [2.45, 2.75) is 13.3 Å². The first kappa shape index (κ1) is 18.0. The quantitative estimate of drug-likeness (QED) is 0.641. The van der Waals surface area contributed by atoms with E-state index in [1.807, 2.05) is 0 Å². The molecule has 1 N–H and O–H groups in total. The molecule has 0 atom stereocenters. The number of carboxylic acids is 1. The maximum atomic E-state index is 10.5. The highest BCUT2D eigenvalue weighted by molar-refractivity contribution is 8.21. The summed E-state index contributed by atoms with van der Waals surface area (Å²) in [4.78, 5) is 20.3. The Bertz CT molecular complexity index is 694. The second-order valence-electron chi connectivity index (χ2n) is 3.97. The molecule has 2 rings (SSSR count). The molecule has 0 radical (unpaired) electrons. The third-order valence-electron chi connectivity index (χ3n) is 2.29. The third-order valence-corrected chi connectivity index (χ3v) is 3.33. The second kappa shape index (κ2) is 8.39. The summed E-state index contributed by atoms with van der Waals surface area (Å²) in [6, 6.07) is 4.45. The van der Waals surface area contributed by atoms with Gasteiger partial charge in [0.2, 0.25) is 0 Å². The molecule has 0 bridgehead atoms. The minimum atomic E-state index is -2.60. The van der Waals surface area contributed by atoms with Gasteiger partial charge in [-0.25, -0.2) is 0 Å². The van der Waals surface area contributed by atoms with Crippen LogP contribution in [-0.2, 0) is 21.7 Å². The molecular weight excluding hydrogens is 332 g/mol. The predicted octanol–water partition coefficient (Wildman–Crippen LogP) is 2.11. The molecule has 1 aliphatic heterocycles. The van der Waals surface area contributed by atoms with Crippen LogP contribution in [-0.4, -0.2) is 42.7 Å². The van der Waals surface area contributed by atoms with Gasteiger partial charge in [0.1, 0.15) is 11.4 Å². The van der Waals surface area contributed by atoms with Gasteiger partial charge >= 0.3 is 21.7 Å². The number of hydrogen-bond donors (Lipinski definition) is 1. The molecule has 1 amide bonds. The Morgan fingerprint density at radius 2 is 2.05 bits per heavy atom. The number of carbonyl (C=O) groups excluding carboxylic acids is 1. The molecule has 22 heavy (non-hydrogen) atoms. The monoisotopic (exact) mass is 346 g/mol. The van der Waals surface area contributed by atoms with Crippen LogP contribution in [0.5, 0.6) is 5.75 Å². The van der Waals surface area contributed by atoms with Crippen molar-refractivity contribution in [3.63, 3.8) is 0 Å². The number of carboxylic acid groups (broad SMARTS) is 1. The van der Waals surface area contributed by atoms with Crippen LogP contribution in [0.15, 0.2) is 22.6 Å². The normalized spacial score (nSPS) is 12.1. The molecule has 1 aromatic rings. The molecule has 1 aliphatic rings. The highest BCUT2D eigenvalue weighted by Gasteiger charge is 2.26. The van der Waals surface area contributed by atoms with Gasteiger partial charge in [-0.1, -0.05) is 6.07 Å². The van der Waals surface area contributed by atoms with E-state index in [9.17, 15) is 18.0 Å². The van der Waals surface area contributed by atoms with Crippen molar-refractivity contribution >= 4 is 39.3 Å². The number of aliphatic carboxylic acids is 1. The van der Waals surface area contributed by atoms with Gasteiger partial charge in [-0.2, -0.15) is 8.42 Å². The van der Waals surface area contributed by atoms with Gasteiger partial charge in [0.15, 0.2) is 0 Å². The van der Waals surface area contributed by atoms with Crippen molar-refractivity contribution in [1.82, 2.24) is 4.31 Å². The molecule has 1 saturated heterocycles. The molecule has 0 spiro atoms. The van der Waals surface area contributed by atoms with Gasteiger partial charge in [-0.15, -0.1) is 4.36 Å². The smallest absolute Gasteiger partial charge is 0.316 e. The van der Waals surface area contributed by atoms with E-state index in [-0.39, 0.29) is 17.3 Å². The van der Waals surface area contributed by atoms with Crippen molar-refractivity contribution in [1.29, 1.82) is 0 Å². The fourth-order valence-corrected chi connectivity index (χ4v) is 1.87. The Kier molecular flexibility index (Phi) is 6.86. The van der Waals surface area contributed by atoms with Gasteiger partial charge < -0.3 is 9.84 Å². The molecule has 0 unspecified atom stereocenters. The zero-order valence-electron chi connectivity index (χ0n) is 11.8. The van der Waals surface area contributed by atoms with Crippen molar-refractivity contribution in [3.05, 3.63) is 23.8 Å². The first-order chi connectivity index (χ1) is 10.3. The van der Waals surface area contributed by atoms with E-state index in [0.717, 1.165) is 0 Å². The third kappa shape index (κ3) is 6.59. The number of ether oxygens (including phenoxy) is 1. The number of benzene rings is 1. The SMILES string of the molecule is CCOc1ccc(CC(=O)O)cc1N=S(=O)=O.CN1SC1=O. The fraction of sp³-hybridized carbons (Fsp3) is 0.333. The summed E-state index contributed by atoms with van der Waals surface area (Å²) in [5, 5.41) is 8.80. The summed E-state index contributed by atoms with van der Waals surface area (Å²) in [5.74, 6) is -0.686. The number of hydrogen-bond acceptors (Lipinski definition) is 7. The fourth-order valence-electron chi connectivity index (χ4n) is 1.37. The highest BCUT2D eigenvalue weighted by atomic mass is 32.2. The molecule has 8 nitrogen and oxygen atoms in total. The molecule has 0 saturated carbocycles. The average molecular weight is 346 g/mol. The molecule has 10 heteroatoms. The Labute approximate surface area is 132 Å². The lowest BCUT2D eigenvalue weighted by atomic mass is 10.1. The Balaban J connectivity index is 0.000000406. The van der Waals surface area contributed by atoms with Crippen LogP contribution in [0.2, 0.25) is 0 Å². The molecular formula is C12H14N2O6S2. The van der Waals surface area contributed by atoms with Crippen LogP contribution in [0.4, 0.5) is 10.5 Å². The molecule has 1 aromatic carbocycles. The van der Waals surface area contributed by atoms with E-state index in [4.69, 9.17) is 9.84 Å². The average Bonchev–Trinajstić information content (AvgIpc) is 3.05. The lowest BCUT2D eigenvalue weighted by Gasteiger charge is -2.06. The lowest BCUT2D eigenvalue weighted by Crippen LogP contribution is -2.00. The van der Waals surface area contributed by atoms with Crippen LogP contribution in [0.3, 0.4) is 0 Å².